The Hall–Kier alpha value is -0.690. The normalized spacial score (nSPS) is 27.0. The summed E-state index contributed by atoms with van der Waals surface area (Å²) in [6.07, 6.45) is 7.59. The summed E-state index contributed by atoms with van der Waals surface area (Å²) in [7, 11) is 0. The van der Waals surface area contributed by atoms with E-state index in [0.717, 1.165) is 0 Å². The van der Waals surface area contributed by atoms with Crippen molar-refractivity contribution in [2.24, 2.45) is 10.8 Å². The summed E-state index contributed by atoms with van der Waals surface area (Å²) in [6, 6.07) is 5.19. The van der Waals surface area contributed by atoms with Gasteiger partial charge in [-0.15, -0.1) is 0 Å². The van der Waals surface area contributed by atoms with Gasteiger partial charge >= 0.3 is 191 Å². The predicted molar refractivity (Wildman–Crippen MR) is 123 cm³/mol. The summed E-state index contributed by atoms with van der Waals surface area (Å²) in [5.74, 6) is 0. The van der Waals surface area contributed by atoms with E-state index in [1.54, 1.807) is 39.0 Å². The molecule has 0 nitrogen and oxygen atoms in total. The topological polar surface area (TPSA) is 0 Å². The van der Waals surface area contributed by atoms with Crippen molar-refractivity contribution in [1.29, 1.82) is 0 Å². The first-order valence-electron chi connectivity index (χ1n) is 11.2. The fraction of sp³-hybridized carbons (Fsp3) is 0.571. The SMILES string of the molecule is CC1=C(C)[C](C)([Hf][C]2(C(C)(C)C)C=Cc3cc4c(cc32)CC(C)(C)C4)C(C)=C1C. The first-order chi connectivity index (χ1) is 13.2. The quantitative estimate of drug-likeness (QED) is 0.326. The van der Waals surface area contributed by atoms with Gasteiger partial charge in [0.25, 0.3) is 0 Å². The molecule has 1 atom stereocenters. The third-order valence-electron chi connectivity index (χ3n) is 8.47. The molecule has 0 saturated heterocycles. The first-order valence-corrected chi connectivity index (χ1v) is 14.8. The second-order valence-corrected chi connectivity index (χ2v) is 19.2. The summed E-state index contributed by atoms with van der Waals surface area (Å²) < 4.78 is 0.581. The Bertz CT molecular complexity index is 966. The molecule has 1 unspecified atom stereocenters. The molecule has 0 heterocycles. The van der Waals surface area contributed by atoms with Crippen LogP contribution in [0, 0.1) is 10.8 Å². The van der Waals surface area contributed by atoms with Gasteiger partial charge < -0.3 is 0 Å². The molecule has 0 spiro atoms. The van der Waals surface area contributed by atoms with Crippen LogP contribution in [0.25, 0.3) is 6.08 Å². The third kappa shape index (κ3) is 3.00. The zero-order valence-corrected chi connectivity index (χ0v) is 23.8. The van der Waals surface area contributed by atoms with E-state index in [4.69, 9.17) is 0 Å². The zero-order chi connectivity index (χ0) is 21.6. The van der Waals surface area contributed by atoms with Gasteiger partial charge in [-0.25, -0.2) is 0 Å². The van der Waals surface area contributed by atoms with Crippen LogP contribution in [0.1, 0.15) is 91.5 Å². The van der Waals surface area contributed by atoms with Gasteiger partial charge in [-0.3, -0.25) is 0 Å². The first kappa shape index (κ1) is 21.5. The van der Waals surface area contributed by atoms with Gasteiger partial charge in [-0.2, -0.15) is 0 Å². The molecule has 0 radical (unpaired) electrons. The maximum absolute atomic E-state index is 2.65. The second-order valence-electron chi connectivity index (χ2n) is 11.9. The van der Waals surface area contributed by atoms with Gasteiger partial charge in [0.15, 0.2) is 0 Å². The summed E-state index contributed by atoms with van der Waals surface area (Å²) in [5, 5.41) is 0. The monoisotopic (exact) mass is 554 g/mol. The molecule has 0 N–H and O–H groups in total. The third-order valence-corrected chi connectivity index (χ3v) is 18.6. The standard InChI is InChI=1S/C18H23.C10H15.Hf/c1-17(2,3)16-7-6-12-8-13-10-18(4,5)11-14(13)9-15(12)16;1-6-7(2)9(4)10(5)8(6)3;/h6-9H,10-11H2,1-5H3;1-5H3;. The molecule has 1 aromatic carbocycles. The number of hydrogen-bond acceptors (Lipinski definition) is 0. The average molecular weight is 553 g/mol. The molecule has 154 valence electrons. The molecule has 0 bridgehead atoms. The Labute approximate surface area is 190 Å². The van der Waals surface area contributed by atoms with Crippen LogP contribution in [0.15, 0.2) is 40.5 Å². The molecule has 4 rings (SSSR count). The Morgan fingerprint density at radius 3 is 1.86 bits per heavy atom. The molecule has 0 fully saturated rings. The predicted octanol–water partition coefficient (Wildman–Crippen LogP) is 8.03. The van der Waals surface area contributed by atoms with E-state index >= 15 is 0 Å². The van der Waals surface area contributed by atoms with Crippen molar-refractivity contribution in [2.75, 3.05) is 0 Å². The summed E-state index contributed by atoms with van der Waals surface area (Å²) in [6.45, 7) is 24.4. The molecule has 1 heteroatoms. The number of fused-ring (bicyclic) bond motifs is 2. The van der Waals surface area contributed by atoms with Crippen LogP contribution >= 0.6 is 0 Å². The number of allylic oxidation sites excluding steroid dienone is 5. The van der Waals surface area contributed by atoms with Crippen LogP contribution in [0.4, 0.5) is 0 Å². The van der Waals surface area contributed by atoms with Gasteiger partial charge in [0.1, 0.15) is 0 Å². The van der Waals surface area contributed by atoms with Crippen molar-refractivity contribution in [1.82, 2.24) is 0 Å². The summed E-state index contributed by atoms with van der Waals surface area (Å²) >= 11 is -1.24. The van der Waals surface area contributed by atoms with Gasteiger partial charge in [0.05, 0.1) is 0 Å². The molecule has 0 aromatic heterocycles. The van der Waals surface area contributed by atoms with Crippen LogP contribution in [0.3, 0.4) is 0 Å². The fourth-order valence-corrected chi connectivity index (χ4v) is 14.8. The molecular formula is C28H38Hf. The Morgan fingerprint density at radius 1 is 0.828 bits per heavy atom. The van der Waals surface area contributed by atoms with Crippen molar-refractivity contribution in [3.63, 3.8) is 0 Å². The van der Waals surface area contributed by atoms with E-state index in [2.05, 4.69) is 93.5 Å². The number of hydrogen-bond donors (Lipinski definition) is 0. The molecule has 1 aromatic rings. The van der Waals surface area contributed by atoms with Gasteiger partial charge in [0.2, 0.25) is 0 Å². The Balaban J connectivity index is 1.88. The van der Waals surface area contributed by atoms with E-state index in [9.17, 15) is 0 Å². The van der Waals surface area contributed by atoms with Crippen molar-refractivity contribution in [3.05, 3.63) is 62.8 Å². The average Bonchev–Trinajstić information content (AvgIpc) is 3.15. The molecule has 0 amide bonds. The van der Waals surface area contributed by atoms with Crippen LogP contribution < -0.4 is 0 Å². The number of rotatable bonds is 2. The van der Waals surface area contributed by atoms with Crippen LogP contribution in [0.2, 0.25) is 3.17 Å². The molecular weight excluding hydrogens is 515 g/mol. The fourth-order valence-electron chi connectivity index (χ4n) is 6.04. The van der Waals surface area contributed by atoms with Crippen LogP contribution in [-0.2, 0) is 38.9 Å². The van der Waals surface area contributed by atoms with Crippen molar-refractivity contribution in [2.45, 2.75) is 88.4 Å². The van der Waals surface area contributed by atoms with Crippen LogP contribution in [-0.4, -0.2) is 0 Å². The van der Waals surface area contributed by atoms with Gasteiger partial charge in [0, 0.05) is 0 Å². The minimum atomic E-state index is -1.24. The van der Waals surface area contributed by atoms with E-state index in [0.29, 0.717) is 8.59 Å². The zero-order valence-electron chi connectivity index (χ0n) is 20.2. The molecule has 0 saturated carbocycles. The second kappa shape index (κ2) is 6.41. The summed E-state index contributed by atoms with van der Waals surface area (Å²) in [4.78, 5) is 0. The Morgan fingerprint density at radius 2 is 1.34 bits per heavy atom. The number of benzene rings is 1. The van der Waals surface area contributed by atoms with Crippen molar-refractivity contribution < 1.29 is 22.9 Å². The maximum atomic E-state index is 2.65. The molecule has 0 aliphatic heterocycles. The summed E-state index contributed by atoms with van der Waals surface area (Å²) in [5.41, 5.74) is 13.5. The van der Waals surface area contributed by atoms with E-state index in [-0.39, 0.29) is 8.59 Å². The van der Waals surface area contributed by atoms with Crippen molar-refractivity contribution in [3.8, 4) is 0 Å². The van der Waals surface area contributed by atoms with Crippen molar-refractivity contribution >= 4 is 6.08 Å². The molecule has 3 aliphatic rings. The minimum absolute atomic E-state index is 0.244. The molecule has 29 heavy (non-hydrogen) atoms. The van der Waals surface area contributed by atoms with E-state index in [1.807, 2.05) is 0 Å². The van der Waals surface area contributed by atoms with E-state index < -0.39 is 22.9 Å². The van der Waals surface area contributed by atoms with Gasteiger partial charge in [-0.1, -0.05) is 0 Å². The van der Waals surface area contributed by atoms with E-state index in [1.165, 1.54) is 18.4 Å². The van der Waals surface area contributed by atoms with Gasteiger partial charge in [-0.05, 0) is 0 Å². The Kier molecular flexibility index (Phi) is 4.76. The van der Waals surface area contributed by atoms with Crippen LogP contribution in [0.5, 0.6) is 0 Å². The molecule has 3 aliphatic carbocycles.